The number of carbonyl (C=O) groups excluding carboxylic acids is 1. The smallest absolute Gasteiger partial charge is 0.282 e. The van der Waals surface area contributed by atoms with Crippen LogP contribution in [-0.4, -0.2) is 56.8 Å². The molecule has 1 fully saturated rings. The van der Waals surface area contributed by atoms with Crippen LogP contribution in [0.1, 0.15) is 5.56 Å². The highest BCUT2D eigenvalue weighted by Crippen LogP contribution is 2.29. The van der Waals surface area contributed by atoms with Crippen molar-refractivity contribution in [1.29, 1.82) is 0 Å². The Bertz CT molecular complexity index is 982. The van der Waals surface area contributed by atoms with Gasteiger partial charge in [-0.25, -0.2) is 4.39 Å². The predicted octanol–water partition coefficient (Wildman–Crippen LogP) is 1.84. The lowest BCUT2D eigenvalue weighted by Crippen LogP contribution is -2.37. The quantitative estimate of drug-likeness (QED) is 0.734. The second kappa shape index (κ2) is 8.76. The van der Waals surface area contributed by atoms with Crippen molar-refractivity contribution in [2.24, 2.45) is 0 Å². The van der Waals surface area contributed by atoms with Crippen molar-refractivity contribution in [1.82, 2.24) is 8.61 Å². The lowest BCUT2D eigenvalue weighted by molar-refractivity contribution is -0.116. The number of carbonyl (C=O) groups is 1. The molecule has 1 aliphatic heterocycles. The van der Waals surface area contributed by atoms with E-state index in [1.165, 1.54) is 42.8 Å². The number of methoxy groups -OCH3 is 2. The summed E-state index contributed by atoms with van der Waals surface area (Å²) in [7, 11) is -0.828. The summed E-state index contributed by atoms with van der Waals surface area (Å²) in [5.41, 5.74) is 1.05. The molecule has 1 N–H and O–H groups in total. The van der Waals surface area contributed by atoms with Gasteiger partial charge in [-0.05, 0) is 29.8 Å². The van der Waals surface area contributed by atoms with Crippen molar-refractivity contribution >= 4 is 21.8 Å². The first kappa shape index (κ1) is 21.0. The van der Waals surface area contributed by atoms with Gasteiger partial charge in [-0.3, -0.25) is 4.79 Å². The minimum Gasteiger partial charge on any atom is -0.497 e. The molecule has 0 radical (unpaired) electrons. The molecule has 1 aliphatic rings. The maximum Gasteiger partial charge on any atom is 0.282 e. The molecule has 0 unspecified atom stereocenters. The summed E-state index contributed by atoms with van der Waals surface area (Å²) in [5, 5.41) is 2.66. The molecule has 0 aliphatic carbocycles. The Balaban J connectivity index is 1.66. The monoisotopic (exact) mass is 423 g/mol. The van der Waals surface area contributed by atoms with Gasteiger partial charge in [0.1, 0.15) is 17.3 Å². The number of hydrogen-bond acceptors (Lipinski definition) is 5. The molecule has 0 aromatic heterocycles. The van der Waals surface area contributed by atoms with Crippen molar-refractivity contribution in [3.8, 4) is 11.5 Å². The van der Waals surface area contributed by atoms with Gasteiger partial charge in [0, 0.05) is 25.7 Å². The Morgan fingerprint density at radius 2 is 1.76 bits per heavy atom. The minimum atomic E-state index is -3.80. The highest BCUT2D eigenvalue weighted by Gasteiger charge is 2.37. The first-order chi connectivity index (χ1) is 13.8. The van der Waals surface area contributed by atoms with Crippen LogP contribution >= 0.6 is 0 Å². The largest absolute Gasteiger partial charge is 0.497 e. The molecule has 29 heavy (non-hydrogen) atoms. The van der Waals surface area contributed by atoms with E-state index in [0.29, 0.717) is 22.7 Å². The van der Waals surface area contributed by atoms with E-state index < -0.39 is 16.1 Å². The Hall–Kier alpha value is -2.69. The van der Waals surface area contributed by atoms with E-state index >= 15 is 0 Å². The third-order valence-corrected chi connectivity index (χ3v) is 6.45. The lowest BCUT2D eigenvalue weighted by atomic mass is 10.2. The zero-order valence-corrected chi connectivity index (χ0v) is 16.9. The maximum atomic E-state index is 13.0. The van der Waals surface area contributed by atoms with Crippen molar-refractivity contribution < 1.29 is 27.1 Å². The van der Waals surface area contributed by atoms with Gasteiger partial charge in [0.25, 0.3) is 10.2 Å². The molecular formula is C19H22FN3O5S. The number of hydrogen-bond donors (Lipinski definition) is 1. The van der Waals surface area contributed by atoms with Gasteiger partial charge in [0.15, 0.2) is 0 Å². The SMILES string of the molecule is COc1ccc(OC)c(NC(=O)CN2CCN(Cc3ccc(F)cc3)S2(=O)=O)c1. The van der Waals surface area contributed by atoms with Crippen LogP contribution in [0.5, 0.6) is 11.5 Å². The van der Waals surface area contributed by atoms with Crippen LogP contribution in [0.15, 0.2) is 42.5 Å². The highest BCUT2D eigenvalue weighted by molar-refractivity contribution is 7.87. The van der Waals surface area contributed by atoms with Crippen LogP contribution in [-0.2, 0) is 21.5 Å². The number of benzene rings is 2. The van der Waals surface area contributed by atoms with Gasteiger partial charge >= 0.3 is 0 Å². The maximum absolute atomic E-state index is 13.0. The lowest BCUT2D eigenvalue weighted by Gasteiger charge is -2.19. The van der Waals surface area contributed by atoms with E-state index in [-0.39, 0.29) is 32.0 Å². The fraction of sp³-hybridized carbons (Fsp3) is 0.316. The van der Waals surface area contributed by atoms with Crippen molar-refractivity contribution in [2.75, 3.05) is 39.2 Å². The molecule has 2 aromatic rings. The van der Waals surface area contributed by atoms with E-state index in [4.69, 9.17) is 9.47 Å². The van der Waals surface area contributed by atoms with Crippen LogP contribution in [0.25, 0.3) is 0 Å². The summed E-state index contributed by atoms with van der Waals surface area (Å²) in [6.07, 6.45) is 0. The van der Waals surface area contributed by atoms with Crippen molar-refractivity contribution in [3.63, 3.8) is 0 Å². The number of nitrogens with one attached hydrogen (secondary N) is 1. The summed E-state index contributed by atoms with van der Waals surface area (Å²) >= 11 is 0. The molecule has 3 rings (SSSR count). The van der Waals surface area contributed by atoms with Gasteiger partial charge in [0.2, 0.25) is 5.91 Å². The second-order valence-electron chi connectivity index (χ2n) is 6.42. The van der Waals surface area contributed by atoms with Gasteiger partial charge in [0.05, 0.1) is 26.5 Å². The molecule has 2 aromatic carbocycles. The van der Waals surface area contributed by atoms with Crippen LogP contribution in [0.4, 0.5) is 10.1 Å². The molecule has 10 heteroatoms. The first-order valence-electron chi connectivity index (χ1n) is 8.85. The second-order valence-corrected chi connectivity index (χ2v) is 8.34. The number of nitrogens with zero attached hydrogens (tertiary/aromatic N) is 2. The fourth-order valence-electron chi connectivity index (χ4n) is 2.99. The summed E-state index contributed by atoms with van der Waals surface area (Å²) in [6, 6.07) is 10.6. The average molecular weight is 423 g/mol. The summed E-state index contributed by atoms with van der Waals surface area (Å²) < 4.78 is 51.2. The minimum absolute atomic E-state index is 0.116. The molecule has 0 spiro atoms. The zero-order chi connectivity index (χ0) is 21.0. The van der Waals surface area contributed by atoms with Crippen LogP contribution < -0.4 is 14.8 Å². The summed E-state index contributed by atoms with van der Waals surface area (Å²) in [4.78, 5) is 12.5. The Morgan fingerprint density at radius 1 is 1.07 bits per heavy atom. The topological polar surface area (TPSA) is 88.2 Å². The standard InChI is InChI=1S/C19H22FN3O5S/c1-27-16-7-8-18(28-2)17(11-16)21-19(24)13-23-10-9-22(29(23,25)26)12-14-3-5-15(20)6-4-14/h3-8,11H,9-10,12-13H2,1-2H3,(H,21,24). The van der Waals surface area contributed by atoms with Crippen LogP contribution in [0.2, 0.25) is 0 Å². The zero-order valence-electron chi connectivity index (χ0n) is 16.1. The molecule has 156 valence electrons. The number of anilines is 1. The third kappa shape index (κ3) is 4.84. The van der Waals surface area contributed by atoms with E-state index in [0.717, 1.165) is 4.31 Å². The van der Waals surface area contributed by atoms with Gasteiger partial charge in [-0.1, -0.05) is 12.1 Å². The van der Waals surface area contributed by atoms with E-state index in [2.05, 4.69) is 5.32 Å². The number of rotatable bonds is 7. The molecule has 0 atom stereocenters. The van der Waals surface area contributed by atoms with Crippen LogP contribution in [0.3, 0.4) is 0 Å². The molecule has 8 nitrogen and oxygen atoms in total. The number of amides is 1. The van der Waals surface area contributed by atoms with E-state index in [1.54, 1.807) is 18.2 Å². The number of halogens is 1. The average Bonchev–Trinajstić information content (AvgIpc) is 2.97. The van der Waals surface area contributed by atoms with Crippen molar-refractivity contribution in [2.45, 2.75) is 6.54 Å². The van der Waals surface area contributed by atoms with E-state index in [1.807, 2.05) is 0 Å². The summed E-state index contributed by atoms with van der Waals surface area (Å²) in [6.45, 7) is 0.217. The van der Waals surface area contributed by atoms with Gasteiger partial charge in [-0.2, -0.15) is 17.0 Å². The molecular weight excluding hydrogens is 401 g/mol. The Labute approximate surface area is 169 Å². The molecule has 1 amide bonds. The molecule has 0 bridgehead atoms. The van der Waals surface area contributed by atoms with Gasteiger partial charge in [-0.15, -0.1) is 0 Å². The Morgan fingerprint density at radius 3 is 2.41 bits per heavy atom. The van der Waals surface area contributed by atoms with Crippen molar-refractivity contribution in [3.05, 3.63) is 53.8 Å². The first-order valence-corrected chi connectivity index (χ1v) is 10.2. The summed E-state index contributed by atoms with van der Waals surface area (Å²) in [5.74, 6) is 0.0785. The van der Waals surface area contributed by atoms with Crippen LogP contribution in [0, 0.1) is 5.82 Å². The van der Waals surface area contributed by atoms with E-state index in [9.17, 15) is 17.6 Å². The van der Waals surface area contributed by atoms with Gasteiger partial charge < -0.3 is 14.8 Å². The molecule has 0 saturated carbocycles. The predicted molar refractivity (Wildman–Crippen MR) is 105 cm³/mol. The Kier molecular flexibility index (Phi) is 6.36. The molecule has 1 saturated heterocycles. The third-order valence-electron chi connectivity index (χ3n) is 4.52. The number of ether oxygens (including phenoxy) is 2. The molecule has 1 heterocycles. The highest BCUT2D eigenvalue weighted by atomic mass is 32.2. The fourth-order valence-corrected chi connectivity index (χ4v) is 4.54. The normalized spacial score (nSPS) is 16.5.